The smallest absolute Gasteiger partial charge is 0.413 e. The molecule has 0 heterocycles. The van der Waals surface area contributed by atoms with Crippen LogP contribution in [-0.4, -0.2) is 45.6 Å². The number of nitro groups is 1. The zero-order valence-corrected chi connectivity index (χ0v) is 17.4. The fraction of sp³-hybridized carbons (Fsp3) is 0.444. The molecule has 12 nitrogen and oxygen atoms in total. The van der Waals surface area contributed by atoms with Gasteiger partial charge >= 0.3 is 11.8 Å². The summed E-state index contributed by atoms with van der Waals surface area (Å²) in [7, 11) is 0. The minimum atomic E-state index is -0.942. The summed E-state index contributed by atoms with van der Waals surface area (Å²) in [5.41, 5.74) is 7.08. The number of azide groups is 1. The van der Waals surface area contributed by atoms with E-state index in [1.165, 1.54) is 4.90 Å². The molecule has 1 aromatic rings. The van der Waals surface area contributed by atoms with E-state index in [0.717, 1.165) is 18.2 Å². The van der Waals surface area contributed by atoms with Crippen molar-refractivity contribution in [2.24, 2.45) is 5.11 Å². The molecule has 0 saturated heterocycles. The van der Waals surface area contributed by atoms with Crippen molar-refractivity contribution in [1.29, 1.82) is 0 Å². The number of nitrogens with one attached hydrogen (secondary N) is 1. The highest BCUT2D eigenvalue weighted by Gasteiger charge is 2.24. The summed E-state index contributed by atoms with van der Waals surface area (Å²) < 4.78 is 5.01. The van der Waals surface area contributed by atoms with Gasteiger partial charge in [0, 0.05) is 29.6 Å². The lowest BCUT2D eigenvalue weighted by Gasteiger charge is -2.20. The van der Waals surface area contributed by atoms with Crippen molar-refractivity contribution in [1.82, 2.24) is 10.2 Å². The van der Waals surface area contributed by atoms with Gasteiger partial charge in [-0.2, -0.15) is 0 Å². The van der Waals surface area contributed by atoms with Crippen molar-refractivity contribution < 1.29 is 24.4 Å². The first-order chi connectivity index (χ1) is 13.9. The first-order valence-corrected chi connectivity index (χ1v) is 9.00. The van der Waals surface area contributed by atoms with E-state index < -0.39 is 39.6 Å². The highest BCUT2D eigenvalue weighted by molar-refractivity contribution is 5.97. The molecule has 0 aromatic heterocycles. The van der Waals surface area contributed by atoms with Crippen LogP contribution in [0.4, 0.5) is 10.5 Å². The molecule has 0 spiro atoms. The maximum absolute atomic E-state index is 12.5. The molecule has 2 N–H and O–H groups in total. The van der Waals surface area contributed by atoms with Crippen LogP contribution < -0.4 is 10.1 Å². The van der Waals surface area contributed by atoms with Crippen LogP contribution in [0.15, 0.2) is 22.9 Å². The third-order valence-corrected chi connectivity index (χ3v) is 3.68. The van der Waals surface area contributed by atoms with Crippen LogP contribution in [0.3, 0.4) is 0 Å². The molecule has 162 valence electrons. The average molecular weight is 420 g/mol. The van der Waals surface area contributed by atoms with E-state index >= 15 is 0 Å². The van der Waals surface area contributed by atoms with Gasteiger partial charge in [-0.05, 0) is 57.9 Å². The Bertz CT molecular complexity index is 910. The molecule has 2 amide bonds. The van der Waals surface area contributed by atoms with Crippen LogP contribution in [0.2, 0.25) is 0 Å². The van der Waals surface area contributed by atoms with Crippen LogP contribution in [0.5, 0.6) is 11.5 Å². The molecule has 0 aliphatic rings. The summed E-state index contributed by atoms with van der Waals surface area (Å²) in [5, 5.41) is 27.3. The second-order valence-corrected chi connectivity index (χ2v) is 7.10. The molecule has 30 heavy (non-hydrogen) atoms. The van der Waals surface area contributed by atoms with Crippen molar-refractivity contribution in [3.05, 3.63) is 44.0 Å². The van der Waals surface area contributed by atoms with Crippen LogP contribution >= 0.6 is 0 Å². The zero-order chi connectivity index (χ0) is 23.1. The minimum Gasteiger partial charge on any atom is -0.499 e. The van der Waals surface area contributed by atoms with Crippen molar-refractivity contribution in [3.63, 3.8) is 0 Å². The van der Waals surface area contributed by atoms with Gasteiger partial charge < -0.3 is 20.1 Å². The third-order valence-electron chi connectivity index (χ3n) is 3.68. The standard InChI is InChI=1S/C18H24N6O6/c1-6-23(7-2)16(26)12(21-22-19)8-11-9-13(24(28)29)15(25)14(10-11)30-17(27)20-18(3,4)5/h8-10,25H,6-7H2,1-5H3,(H,20,27)/b12-8-. The third kappa shape index (κ3) is 6.67. The second-order valence-electron chi connectivity index (χ2n) is 7.10. The fourth-order valence-corrected chi connectivity index (χ4v) is 2.36. The van der Waals surface area contributed by atoms with Gasteiger partial charge in [-0.25, -0.2) is 4.79 Å². The normalized spacial score (nSPS) is 11.3. The molecule has 0 aliphatic heterocycles. The van der Waals surface area contributed by atoms with E-state index in [0.29, 0.717) is 13.1 Å². The predicted octanol–water partition coefficient (Wildman–Crippen LogP) is 3.71. The van der Waals surface area contributed by atoms with Crippen LogP contribution in [0.1, 0.15) is 40.2 Å². The van der Waals surface area contributed by atoms with Gasteiger partial charge in [0.05, 0.1) is 4.92 Å². The number of ether oxygens (including phenoxy) is 1. The summed E-state index contributed by atoms with van der Waals surface area (Å²) in [6, 6.07) is 2.08. The lowest BCUT2D eigenvalue weighted by molar-refractivity contribution is -0.385. The molecule has 1 rings (SSSR count). The number of phenols is 1. The van der Waals surface area contributed by atoms with Gasteiger partial charge in [-0.1, -0.05) is 5.11 Å². The van der Waals surface area contributed by atoms with Crippen molar-refractivity contribution >= 4 is 23.8 Å². The average Bonchev–Trinajstić information content (AvgIpc) is 2.62. The second kappa shape index (κ2) is 10.1. The monoisotopic (exact) mass is 420 g/mol. The van der Waals surface area contributed by atoms with E-state index in [-0.39, 0.29) is 11.3 Å². The molecule has 0 unspecified atom stereocenters. The van der Waals surface area contributed by atoms with Gasteiger partial charge in [0.15, 0.2) is 5.75 Å². The van der Waals surface area contributed by atoms with Gasteiger partial charge in [-0.15, -0.1) is 0 Å². The number of nitrogens with zero attached hydrogens (tertiary/aromatic N) is 5. The van der Waals surface area contributed by atoms with Crippen molar-refractivity contribution in [2.75, 3.05) is 13.1 Å². The number of benzene rings is 1. The first-order valence-electron chi connectivity index (χ1n) is 9.00. The molecule has 0 bridgehead atoms. The molecule has 0 fully saturated rings. The number of amides is 2. The molecule has 12 heteroatoms. The Hall–Kier alpha value is -3.79. The number of hydrogen-bond donors (Lipinski definition) is 2. The molecule has 1 aromatic carbocycles. The highest BCUT2D eigenvalue weighted by Crippen LogP contribution is 2.38. The number of carbonyl (C=O) groups excluding carboxylic acids is 2. The van der Waals surface area contributed by atoms with E-state index in [4.69, 9.17) is 10.3 Å². The summed E-state index contributed by atoms with van der Waals surface area (Å²) >= 11 is 0. The Balaban J connectivity index is 3.50. The van der Waals surface area contributed by atoms with Gasteiger partial charge in [0.2, 0.25) is 5.75 Å². The van der Waals surface area contributed by atoms with E-state index in [9.17, 15) is 24.8 Å². The zero-order valence-electron chi connectivity index (χ0n) is 17.4. The quantitative estimate of drug-likeness (QED) is 0.170. The number of rotatable bonds is 7. The number of hydrogen-bond acceptors (Lipinski definition) is 7. The maximum Gasteiger partial charge on any atom is 0.413 e. The number of nitro benzene ring substituents is 1. The number of likely N-dealkylation sites (N-methyl/N-ethyl adjacent to an activating group) is 1. The van der Waals surface area contributed by atoms with Crippen LogP contribution in [0, 0.1) is 10.1 Å². The number of phenolic OH excluding ortho intramolecular Hbond substituents is 1. The Morgan fingerprint density at radius 3 is 2.43 bits per heavy atom. The Morgan fingerprint density at radius 1 is 1.37 bits per heavy atom. The SMILES string of the molecule is CCN(CC)C(=O)/C(=C/c1cc(OC(=O)NC(C)(C)C)c(O)c([N+](=O)[O-])c1)N=[N+]=[N-]. The summed E-state index contributed by atoms with van der Waals surface area (Å²) in [4.78, 5) is 39.0. The minimum absolute atomic E-state index is 0.0148. The van der Waals surface area contributed by atoms with Gasteiger partial charge in [0.25, 0.3) is 5.91 Å². The Labute approximate surface area is 172 Å². The van der Waals surface area contributed by atoms with Crippen molar-refractivity contribution in [2.45, 2.75) is 40.2 Å². The molecule has 0 atom stereocenters. The lowest BCUT2D eigenvalue weighted by atomic mass is 10.1. The van der Waals surface area contributed by atoms with Crippen LogP contribution in [-0.2, 0) is 4.79 Å². The van der Waals surface area contributed by atoms with Gasteiger partial charge in [0.1, 0.15) is 5.70 Å². The van der Waals surface area contributed by atoms with E-state index in [1.807, 2.05) is 0 Å². The summed E-state index contributed by atoms with van der Waals surface area (Å²) in [6.07, 6.45) is 0.171. The topological polar surface area (TPSA) is 171 Å². The summed E-state index contributed by atoms with van der Waals surface area (Å²) in [6.45, 7) is 9.26. The molecule has 0 aliphatic carbocycles. The summed E-state index contributed by atoms with van der Waals surface area (Å²) in [5.74, 6) is -1.93. The maximum atomic E-state index is 12.5. The first kappa shape index (κ1) is 24.2. The highest BCUT2D eigenvalue weighted by atomic mass is 16.6. The molecular weight excluding hydrogens is 396 g/mol. The van der Waals surface area contributed by atoms with E-state index in [1.54, 1.807) is 34.6 Å². The Kier molecular flexibility index (Phi) is 8.18. The number of aromatic hydroxyl groups is 1. The lowest BCUT2D eigenvalue weighted by Crippen LogP contribution is -2.42. The predicted molar refractivity (Wildman–Crippen MR) is 109 cm³/mol. The fourth-order valence-electron chi connectivity index (χ4n) is 2.36. The molecule has 0 saturated carbocycles. The van der Waals surface area contributed by atoms with Crippen molar-refractivity contribution in [3.8, 4) is 11.5 Å². The van der Waals surface area contributed by atoms with Crippen LogP contribution in [0.25, 0.3) is 16.5 Å². The van der Waals surface area contributed by atoms with Gasteiger partial charge in [-0.3, -0.25) is 14.9 Å². The number of carbonyl (C=O) groups is 2. The largest absolute Gasteiger partial charge is 0.499 e. The molecular formula is C18H24N6O6. The molecule has 0 radical (unpaired) electrons. The Morgan fingerprint density at radius 2 is 1.97 bits per heavy atom. The van der Waals surface area contributed by atoms with E-state index in [2.05, 4.69) is 15.3 Å².